The van der Waals surface area contributed by atoms with E-state index >= 15 is 0 Å². The fourth-order valence-electron chi connectivity index (χ4n) is 0.987. The highest BCUT2D eigenvalue weighted by Gasteiger charge is 2.09. The van der Waals surface area contributed by atoms with Gasteiger partial charge < -0.3 is 5.11 Å². The molecular weight excluding hydrogens is 171 g/mol. The van der Waals surface area contributed by atoms with E-state index in [2.05, 4.69) is 0 Å². The second kappa shape index (κ2) is 3.55. The molecule has 13 heavy (non-hydrogen) atoms. The normalized spacial score (nSPS) is 8.85. The molecule has 0 aliphatic heterocycles. The van der Waals surface area contributed by atoms with E-state index in [0.717, 1.165) is 12.1 Å². The van der Waals surface area contributed by atoms with Gasteiger partial charge in [-0.3, -0.25) is 0 Å². The third-order valence-corrected chi connectivity index (χ3v) is 1.57. The van der Waals surface area contributed by atoms with Crippen molar-refractivity contribution in [1.82, 2.24) is 0 Å². The number of halogens is 1. The minimum absolute atomic E-state index is 0.000880. The fourth-order valence-corrected chi connectivity index (χ4v) is 0.987. The van der Waals surface area contributed by atoms with Crippen LogP contribution >= 0.6 is 0 Å². The summed E-state index contributed by atoms with van der Waals surface area (Å²) in [6.45, 7) is 0. The lowest BCUT2D eigenvalue weighted by Gasteiger charge is -2.01. The second-order valence-corrected chi connectivity index (χ2v) is 2.40. The first-order chi connectivity index (χ1) is 6.19. The minimum atomic E-state index is -0.685. The molecule has 0 saturated carbocycles. The summed E-state index contributed by atoms with van der Waals surface area (Å²) >= 11 is 0. The lowest BCUT2D eigenvalue weighted by molar-refractivity contribution is 0.463. The minimum Gasteiger partial charge on any atom is -0.507 e. The van der Waals surface area contributed by atoms with Crippen LogP contribution in [0.25, 0.3) is 0 Å². The average Bonchev–Trinajstić information content (AvgIpc) is 2.09. The van der Waals surface area contributed by atoms with Gasteiger partial charge in [0.2, 0.25) is 0 Å². The van der Waals surface area contributed by atoms with Gasteiger partial charge in [0.25, 0.3) is 0 Å². The largest absolute Gasteiger partial charge is 0.507 e. The van der Waals surface area contributed by atoms with E-state index in [4.69, 9.17) is 10.5 Å². The molecule has 0 spiro atoms. The van der Waals surface area contributed by atoms with Crippen LogP contribution in [0.5, 0.6) is 5.75 Å². The molecule has 0 heterocycles. The Kier molecular flexibility index (Phi) is 2.47. The smallest absolute Gasteiger partial charge is 0.128 e. The standard InChI is InChI=1S/C9H5FN2O/c10-7-3-6(5-12)8(1-2-11)9(13)4-7/h3-4,13H,1H2. The van der Waals surface area contributed by atoms with Crippen molar-refractivity contribution in [3.8, 4) is 17.9 Å². The van der Waals surface area contributed by atoms with Gasteiger partial charge in [0.15, 0.2) is 0 Å². The summed E-state index contributed by atoms with van der Waals surface area (Å²) in [5.74, 6) is -1.03. The fraction of sp³-hybridized carbons (Fsp3) is 0.111. The van der Waals surface area contributed by atoms with Gasteiger partial charge in [0, 0.05) is 11.6 Å². The second-order valence-electron chi connectivity index (χ2n) is 2.40. The highest BCUT2D eigenvalue weighted by Crippen LogP contribution is 2.22. The highest BCUT2D eigenvalue weighted by atomic mass is 19.1. The Morgan fingerprint density at radius 2 is 2.08 bits per heavy atom. The SMILES string of the molecule is N#CCc1c(O)cc(F)cc1C#N. The van der Waals surface area contributed by atoms with Crippen LogP contribution in [0.15, 0.2) is 12.1 Å². The van der Waals surface area contributed by atoms with Crippen LogP contribution in [0.2, 0.25) is 0 Å². The Morgan fingerprint density at radius 1 is 1.38 bits per heavy atom. The van der Waals surface area contributed by atoms with E-state index in [1.807, 2.05) is 0 Å². The van der Waals surface area contributed by atoms with Gasteiger partial charge in [0.05, 0.1) is 24.1 Å². The van der Waals surface area contributed by atoms with Crippen LogP contribution < -0.4 is 0 Å². The van der Waals surface area contributed by atoms with E-state index in [1.54, 1.807) is 12.1 Å². The van der Waals surface area contributed by atoms with Gasteiger partial charge in [-0.2, -0.15) is 10.5 Å². The number of nitrogens with zero attached hydrogens (tertiary/aromatic N) is 2. The monoisotopic (exact) mass is 176 g/mol. The predicted octanol–water partition coefficient (Wildman–Crippen LogP) is 1.47. The third kappa shape index (κ3) is 1.74. The summed E-state index contributed by atoms with van der Waals surface area (Å²) in [6.07, 6.45) is -0.102. The van der Waals surface area contributed by atoms with Crippen LogP contribution in [0.3, 0.4) is 0 Å². The predicted molar refractivity (Wildman–Crippen MR) is 42.1 cm³/mol. The molecule has 64 valence electrons. The molecule has 0 aliphatic rings. The number of rotatable bonds is 1. The van der Waals surface area contributed by atoms with Crippen molar-refractivity contribution < 1.29 is 9.50 Å². The summed E-state index contributed by atoms with van der Waals surface area (Å²) in [5, 5.41) is 26.1. The zero-order valence-corrected chi connectivity index (χ0v) is 6.58. The quantitative estimate of drug-likeness (QED) is 0.704. The Bertz CT molecular complexity index is 415. The maximum absolute atomic E-state index is 12.6. The van der Waals surface area contributed by atoms with Crippen LogP contribution in [0.4, 0.5) is 4.39 Å². The molecule has 0 atom stereocenters. The first-order valence-corrected chi connectivity index (χ1v) is 3.47. The van der Waals surface area contributed by atoms with Gasteiger partial charge in [0.1, 0.15) is 11.6 Å². The van der Waals surface area contributed by atoms with Crippen LogP contribution in [-0.2, 0) is 6.42 Å². The molecular formula is C9H5FN2O. The molecule has 0 bridgehead atoms. The zero-order chi connectivity index (χ0) is 9.84. The van der Waals surface area contributed by atoms with Crippen molar-refractivity contribution in [2.75, 3.05) is 0 Å². The summed E-state index contributed by atoms with van der Waals surface area (Å²) in [7, 11) is 0. The van der Waals surface area contributed by atoms with Crippen molar-refractivity contribution in [2.45, 2.75) is 6.42 Å². The Balaban J connectivity index is 3.34. The molecule has 1 rings (SSSR count). The van der Waals surface area contributed by atoms with Gasteiger partial charge in [-0.1, -0.05) is 0 Å². The molecule has 0 saturated heterocycles. The van der Waals surface area contributed by atoms with E-state index in [1.165, 1.54) is 0 Å². The van der Waals surface area contributed by atoms with E-state index in [9.17, 15) is 9.50 Å². The number of aromatic hydroxyl groups is 1. The molecule has 0 radical (unpaired) electrons. The Labute approximate surface area is 74.3 Å². The van der Waals surface area contributed by atoms with Crippen LogP contribution in [0.1, 0.15) is 11.1 Å². The number of hydrogen-bond donors (Lipinski definition) is 1. The van der Waals surface area contributed by atoms with Gasteiger partial charge in [-0.25, -0.2) is 4.39 Å². The number of benzene rings is 1. The molecule has 1 N–H and O–H groups in total. The zero-order valence-electron chi connectivity index (χ0n) is 6.58. The van der Waals surface area contributed by atoms with E-state index in [0.29, 0.717) is 0 Å². The Hall–Kier alpha value is -2.07. The van der Waals surface area contributed by atoms with Gasteiger partial charge in [-0.15, -0.1) is 0 Å². The highest BCUT2D eigenvalue weighted by molar-refractivity contribution is 5.47. The molecule has 1 aromatic carbocycles. The molecule has 0 aliphatic carbocycles. The summed E-state index contributed by atoms with van der Waals surface area (Å²) in [5.41, 5.74) is 0.172. The van der Waals surface area contributed by atoms with Crippen molar-refractivity contribution in [1.29, 1.82) is 10.5 Å². The molecule has 1 aromatic rings. The summed E-state index contributed by atoms with van der Waals surface area (Å²) in [4.78, 5) is 0. The van der Waals surface area contributed by atoms with Crippen molar-refractivity contribution in [3.05, 3.63) is 29.1 Å². The van der Waals surface area contributed by atoms with Crippen molar-refractivity contribution in [2.24, 2.45) is 0 Å². The molecule has 3 nitrogen and oxygen atoms in total. The molecule has 0 aromatic heterocycles. The number of hydrogen-bond acceptors (Lipinski definition) is 3. The number of phenols is 1. The molecule has 0 amide bonds. The van der Waals surface area contributed by atoms with Crippen LogP contribution in [-0.4, -0.2) is 5.11 Å². The summed E-state index contributed by atoms with van der Waals surface area (Å²) < 4.78 is 12.6. The summed E-state index contributed by atoms with van der Waals surface area (Å²) in [6, 6.07) is 5.37. The molecule has 4 heteroatoms. The van der Waals surface area contributed by atoms with Crippen molar-refractivity contribution >= 4 is 0 Å². The van der Waals surface area contributed by atoms with E-state index < -0.39 is 5.82 Å². The number of nitriles is 2. The number of phenolic OH excluding ortho intramolecular Hbond substituents is 1. The maximum Gasteiger partial charge on any atom is 0.128 e. The maximum atomic E-state index is 12.6. The van der Waals surface area contributed by atoms with Gasteiger partial charge in [-0.05, 0) is 6.07 Å². The van der Waals surface area contributed by atoms with Crippen molar-refractivity contribution in [3.63, 3.8) is 0 Å². The first-order valence-electron chi connectivity index (χ1n) is 3.47. The topological polar surface area (TPSA) is 67.8 Å². The Morgan fingerprint density at radius 3 is 2.62 bits per heavy atom. The first kappa shape index (κ1) is 9.02. The van der Waals surface area contributed by atoms with Gasteiger partial charge >= 0.3 is 0 Å². The molecule has 0 fully saturated rings. The van der Waals surface area contributed by atoms with Crippen LogP contribution in [0, 0.1) is 28.5 Å². The van der Waals surface area contributed by atoms with E-state index in [-0.39, 0.29) is 23.3 Å². The third-order valence-electron chi connectivity index (χ3n) is 1.57. The lowest BCUT2D eigenvalue weighted by atomic mass is 10.0. The average molecular weight is 176 g/mol. The molecule has 0 unspecified atom stereocenters. The lowest BCUT2D eigenvalue weighted by Crippen LogP contribution is -1.91.